The Labute approximate surface area is 122 Å². The second-order valence-corrected chi connectivity index (χ2v) is 6.00. The minimum atomic E-state index is 0.415. The van der Waals surface area contributed by atoms with Gasteiger partial charge < -0.3 is 10.6 Å². The molecule has 1 heterocycles. The number of nitrogens with zero attached hydrogens (tertiary/aromatic N) is 2. The van der Waals surface area contributed by atoms with E-state index in [2.05, 4.69) is 41.4 Å². The van der Waals surface area contributed by atoms with Crippen LogP contribution in [0.1, 0.15) is 70.8 Å². The fourth-order valence-electron chi connectivity index (χ4n) is 2.98. The van der Waals surface area contributed by atoms with Crippen LogP contribution in [0.15, 0.2) is 6.33 Å². The summed E-state index contributed by atoms with van der Waals surface area (Å²) in [5, 5.41) is 7.03. The van der Waals surface area contributed by atoms with Crippen LogP contribution in [0.2, 0.25) is 0 Å². The molecule has 2 N–H and O–H groups in total. The number of aromatic nitrogens is 2. The summed E-state index contributed by atoms with van der Waals surface area (Å²) < 4.78 is 0. The minimum absolute atomic E-state index is 0.415. The SMILES string of the molecule is CCNc1ncnc(NC2CCCCCC2)c1C(C)C. The monoisotopic (exact) mass is 276 g/mol. The molecule has 0 spiro atoms. The highest BCUT2D eigenvalue weighted by Gasteiger charge is 2.18. The summed E-state index contributed by atoms with van der Waals surface area (Å²) in [5.41, 5.74) is 1.22. The van der Waals surface area contributed by atoms with Crippen molar-refractivity contribution in [1.29, 1.82) is 0 Å². The number of anilines is 2. The van der Waals surface area contributed by atoms with E-state index in [0.717, 1.165) is 18.2 Å². The molecule has 1 fully saturated rings. The molecule has 20 heavy (non-hydrogen) atoms. The van der Waals surface area contributed by atoms with E-state index in [1.807, 2.05) is 0 Å². The van der Waals surface area contributed by atoms with Crippen LogP contribution in [0.5, 0.6) is 0 Å². The molecule has 4 heteroatoms. The zero-order chi connectivity index (χ0) is 14.4. The molecular weight excluding hydrogens is 248 g/mol. The van der Waals surface area contributed by atoms with Crippen molar-refractivity contribution in [1.82, 2.24) is 9.97 Å². The maximum Gasteiger partial charge on any atom is 0.135 e. The third-order valence-electron chi connectivity index (χ3n) is 4.00. The third-order valence-corrected chi connectivity index (χ3v) is 4.00. The maximum absolute atomic E-state index is 4.51. The van der Waals surface area contributed by atoms with Gasteiger partial charge in [-0.1, -0.05) is 39.5 Å². The van der Waals surface area contributed by atoms with Gasteiger partial charge in [0.05, 0.1) is 0 Å². The Hall–Kier alpha value is -1.32. The van der Waals surface area contributed by atoms with E-state index < -0.39 is 0 Å². The molecule has 1 aliphatic carbocycles. The Bertz CT molecular complexity index is 409. The van der Waals surface area contributed by atoms with E-state index in [1.54, 1.807) is 6.33 Å². The molecule has 1 aromatic rings. The number of hydrogen-bond donors (Lipinski definition) is 2. The first-order chi connectivity index (χ1) is 9.72. The summed E-state index contributed by atoms with van der Waals surface area (Å²) in [6.07, 6.45) is 9.61. The van der Waals surface area contributed by atoms with Gasteiger partial charge in [-0.3, -0.25) is 0 Å². The normalized spacial score (nSPS) is 17.0. The summed E-state index contributed by atoms with van der Waals surface area (Å²) in [7, 11) is 0. The van der Waals surface area contributed by atoms with Crippen molar-refractivity contribution in [2.75, 3.05) is 17.2 Å². The first kappa shape index (κ1) is 15.1. The standard InChI is InChI=1S/C16H28N4/c1-4-17-15-14(12(2)3)16(19-11-18-15)20-13-9-7-5-6-8-10-13/h11-13H,4-10H2,1-3H3,(H2,17,18,19,20). The molecule has 0 aliphatic heterocycles. The Morgan fingerprint density at radius 1 is 1.10 bits per heavy atom. The van der Waals surface area contributed by atoms with Crippen LogP contribution in [-0.4, -0.2) is 22.6 Å². The summed E-state index contributed by atoms with van der Waals surface area (Å²) in [4.78, 5) is 8.91. The van der Waals surface area contributed by atoms with Gasteiger partial charge in [-0.05, 0) is 25.7 Å². The second-order valence-electron chi connectivity index (χ2n) is 6.00. The molecule has 112 valence electrons. The van der Waals surface area contributed by atoms with Gasteiger partial charge in [-0.15, -0.1) is 0 Å². The van der Waals surface area contributed by atoms with Crippen molar-refractivity contribution < 1.29 is 0 Å². The molecule has 2 rings (SSSR count). The molecule has 0 atom stereocenters. The summed E-state index contributed by atoms with van der Waals surface area (Å²) >= 11 is 0. The lowest BCUT2D eigenvalue weighted by atomic mass is 10.0. The highest BCUT2D eigenvalue weighted by molar-refractivity contribution is 5.59. The smallest absolute Gasteiger partial charge is 0.135 e. The van der Waals surface area contributed by atoms with Crippen molar-refractivity contribution >= 4 is 11.6 Å². The molecule has 4 nitrogen and oxygen atoms in total. The Balaban J connectivity index is 2.18. The lowest BCUT2D eigenvalue weighted by Gasteiger charge is -2.22. The number of rotatable bonds is 5. The predicted molar refractivity (Wildman–Crippen MR) is 85.4 cm³/mol. The first-order valence-corrected chi connectivity index (χ1v) is 8.07. The van der Waals surface area contributed by atoms with Crippen LogP contribution in [0.3, 0.4) is 0 Å². The van der Waals surface area contributed by atoms with Crippen LogP contribution in [0, 0.1) is 0 Å². The molecule has 0 radical (unpaired) electrons. The molecule has 1 saturated carbocycles. The van der Waals surface area contributed by atoms with Crippen molar-refractivity contribution in [2.24, 2.45) is 0 Å². The van der Waals surface area contributed by atoms with Crippen molar-refractivity contribution in [3.63, 3.8) is 0 Å². The van der Waals surface area contributed by atoms with Crippen molar-refractivity contribution in [3.05, 3.63) is 11.9 Å². The molecule has 0 unspecified atom stereocenters. The van der Waals surface area contributed by atoms with Gasteiger partial charge in [0.15, 0.2) is 0 Å². The Kier molecular flexibility index (Phi) is 5.62. The topological polar surface area (TPSA) is 49.8 Å². The zero-order valence-corrected chi connectivity index (χ0v) is 13.1. The van der Waals surface area contributed by atoms with Gasteiger partial charge in [0.2, 0.25) is 0 Å². The van der Waals surface area contributed by atoms with Crippen LogP contribution in [0.25, 0.3) is 0 Å². The van der Waals surface area contributed by atoms with E-state index in [0.29, 0.717) is 12.0 Å². The van der Waals surface area contributed by atoms with Gasteiger partial charge in [0.25, 0.3) is 0 Å². The van der Waals surface area contributed by atoms with Gasteiger partial charge in [-0.2, -0.15) is 0 Å². The summed E-state index contributed by atoms with van der Waals surface area (Å²) in [6, 6.07) is 0.569. The summed E-state index contributed by atoms with van der Waals surface area (Å²) in [6.45, 7) is 7.40. The van der Waals surface area contributed by atoms with E-state index in [4.69, 9.17) is 0 Å². The molecule has 0 amide bonds. The molecule has 1 aliphatic rings. The average Bonchev–Trinajstić information content (AvgIpc) is 2.67. The maximum atomic E-state index is 4.51. The van der Waals surface area contributed by atoms with E-state index in [1.165, 1.54) is 44.1 Å². The Morgan fingerprint density at radius 2 is 1.75 bits per heavy atom. The van der Waals surface area contributed by atoms with E-state index >= 15 is 0 Å². The average molecular weight is 276 g/mol. The van der Waals surface area contributed by atoms with Gasteiger partial charge in [0, 0.05) is 18.2 Å². The highest BCUT2D eigenvalue weighted by Crippen LogP contribution is 2.30. The third kappa shape index (κ3) is 3.84. The Morgan fingerprint density at radius 3 is 2.35 bits per heavy atom. The molecule has 0 aromatic carbocycles. The summed E-state index contributed by atoms with van der Waals surface area (Å²) in [5.74, 6) is 2.42. The molecule has 0 saturated heterocycles. The molecule has 0 bridgehead atoms. The van der Waals surface area contributed by atoms with Crippen molar-refractivity contribution in [2.45, 2.75) is 71.3 Å². The van der Waals surface area contributed by atoms with Gasteiger partial charge in [0.1, 0.15) is 18.0 Å². The first-order valence-electron chi connectivity index (χ1n) is 8.07. The zero-order valence-electron chi connectivity index (χ0n) is 13.1. The fourth-order valence-corrected chi connectivity index (χ4v) is 2.98. The highest BCUT2D eigenvalue weighted by atomic mass is 15.1. The van der Waals surface area contributed by atoms with Crippen LogP contribution < -0.4 is 10.6 Å². The van der Waals surface area contributed by atoms with Gasteiger partial charge in [-0.25, -0.2) is 9.97 Å². The molecular formula is C16H28N4. The largest absolute Gasteiger partial charge is 0.370 e. The van der Waals surface area contributed by atoms with E-state index in [9.17, 15) is 0 Å². The number of hydrogen-bond acceptors (Lipinski definition) is 4. The second kappa shape index (κ2) is 7.46. The van der Waals surface area contributed by atoms with Gasteiger partial charge >= 0.3 is 0 Å². The fraction of sp³-hybridized carbons (Fsp3) is 0.750. The lowest BCUT2D eigenvalue weighted by molar-refractivity contribution is 0.615. The minimum Gasteiger partial charge on any atom is -0.370 e. The molecule has 1 aromatic heterocycles. The van der Waals surface area contributed by atoms with E-state index in [-0.39, 0.29) is 0 Å². The predicted octanol–water partition coefficient (Wildman–Crippen LogP) is 4.17. The van der Waals surface area contributed by atoms with Crippen molar-refractivity contribution in [3.8, 4) is 0 Å². The van der Waals surface area contributed by atoms with Crippen LogP contribution >= 0.6 is 0 Å². The van der Waals surface area contributed by atoms with Crippen LogP contribution in [-0.2, 0) is 0 Å². The van der Waals surface area contributed by atoms with Crippen LogP contribution in [0.4, 0.5) is 11.6 Å². The quantitative estimate of drug-likeness (QED) is 0.793. The number of nitrogens with one attached hydrogen (secondary N) is 2. The lowest BCUT2D eigenvalue weighted by Crippen LogP contribution is -2.21.